The number of H-pyrrole nitrogens is 2. The smallest absolute Gasteiger partial charge is 0.244 e. The molecule has 0 radical (unpaired) electrons. The van der Waals surface area contributed by atoms with Crippen LogP contribution in [0, 0.1) is 0 Å². The maximum Gasteiger partial charge on any atom is 0.244 e. The summed E-state index contributed by atoms with van der Waals surface area (Å²) in [6.07, 6.45) is 3.65. The Labute approximate surface area is 325 Å². The first-order chi connectivity index (χ1) is 25.9. The number of benzene rings is 4. The molecule has 0 saturated carbocycles. The minimum absolute atomic E-state index is 0. The lowest BCUT2D eigenvalue weighted by atomic mass is 10.0. The van der Waals surface area contributed by atoms with Crippen LogP contribution in [0.4, 0.5) is 0 Å². The monoisotopic (exact) mass is 738 g/mol. The molecule has 2 aromatic heterocycles. The molecule has 0 fully saturated rings. The van der Waals surface area contributed by atoms with Gasteiger partial charge in [0.25, 0.3) is 0 Å². The molecule has 55 heavy (non-hydrogen) atoms. The Hall–Kier alpha value is -5.84. The highest BCUT2D eigenvalue weighted by molar-refractivity contribution is 5.84. The fourth-order valence-corrected chi connectivity index (χ4v) is 6.80. The van der Waals surface area contributed by atoms with Crippen molar-refractivity contribution in [3.8, 4) is 33.6 Å². The number of nitrogens with one attached hydrogen (secondary N) is 2. The SMILES string of the molecule is C.C[C@@H](c1ncc(-c2ccc(-c3ccc(-c4cnc([C@H](C)N(C)C(=O)[C@@H](c5ccccc5)N(C)C)[nH]4)cc3)cc2)[nH]1)N(C)C(=O)[C@@H](c1ccccc1)N(C)C. The number of nitrogens with zero attached hydrogens (tertiary/aromatic N) is 6. The van der Waals surface area contributed by atoms with Crippen LogP contribution < -0.4 is 0 Å². The Bertz CT molecular complexity index is 1990. The third-order valence-corrected chi connectivity index (χ3v) is 10.3. The number of aromatic amines is 2. The summed E-state index contributed by atoms with van der Waals surface area (Å²) in [5.41, 5.74) is 7.89. The first kappa shape index (κ1) is 40.3. The van der Waals surface area contributed by atoms with Crippen LogP contribution in [0.2, 0.25) is 0 Å². The van der Waals surface area contributed by atoms with Gasteiger partial charge in [-0.1, -0.05) is 117 Å². The fourth-order valence-electron chi connectivity index (χ4n) is 6.80. The lowest BCUT2D eigenvalue weighted by molar-refractivity contribution is -0.138. The fraction of sp³-hybridized carbons (Fsp3) is 0.289. The molecule has 286 valence electrons. The second-order valence-corrected chi connectivity index (χ2v) is 14.3. The summed E-state index contributed by atoms with van der Waals surface area (Å²) in [6, 6.07) is 35.1. The topological polar surface area (TPSA) is 104 Å². The van der Waals surface area contributed by atoms with Gasteiger partial charge in [0.15, 0.2) is 0 Å². The van der Waals surface area contributed by atoms with Crippen molar-refractivity contribution in [1.29, 1.82) is 0 Å². The molecule has 0 aliphatic carbocycles. The molecular formula is C45H54N8O2. The maximum atomic E-state index is 13.6. The molecule has 10 heteroatoms. The number of hydrogen-bond acceptors (Lipinski definition) is 6. The molecule has 2 amide bonds. The molecule has 4 aromatic carbocycles. The highest BCUT2D eigenvalue weighted by atomic mass is 16.2. The van der Waals surface area contributed by atoms with E-state index in [-0.39, 0.29) is 43.4 Å². The number of rotatable bonds is 13. The first-order valence-electron chi connectivity index (χ1n) is 18.2. The number of carbonyl (C=O) groups excluding carboxylic acids is 2. The largest absolute Gasteiger partial charge is 0.340 e. The van der Waals surface area contributed by atoms with E-state index in [0.717, 1.165) is 56.4 Å². The molecule has 6 aromatic rings. The van der Waals surface area contributed by atoms with E-state index in [9.17, 15) is 9.59 Å². The van der Waals surface area contributed by atoms with Gasteiger partial charge in [0, 0.05) is 14.1 Å². The number of likely N-dealkylation sites (N-methyl/N-ethyl adjacent to an activating group) is 4. The van der Waals surface area contributed by atoms with E-state index >= 15 is 0 Å². The van der Waals surface area contributed by atoms with Crippen molar-refractivity contribution >= 4 is 11.8 Å². The normalized spacial score (nSPS) is 13.5. The number of imidazole rings is 2. The molecular weight excluding hydrogens is 685 g/mol. The summed E-state index contributed by atoms with van der Waals surface area (Å²) < 4.78 is 0. The number of amides is 2. The zero-order valence-corrected chi connectivity index (χ0v) is 32.4. The predicted octanol–water partition coefficient (Wildman–Crippen LogP) is 8.41. The molecule has 0 aliphatic heterocycles. The van der Waals surface area contributed by atoms with Crippen LogP contribution in [0.15, 0.2) is 122 Å². The van der Waals surface area contributed by atoms with E-state index in [1.165, 1.54) is 0 Å². The third kappa shape index (κ3) is 8.77. The Balaban J connectivity index is 0.00000580. The molecule has 4 atom stereocenters. The van der Waals surface area contributed by atoms with Gasteiger partial charge in [0.05, 0.1) is 35.9 Å². The summed E-state index contributed by atoms with van der Waals surface area (Å²) in [4.78, 5) is 50.9. The molecule has 0 unspecified atom stereocenters. The quantitative estimate of drug-likeness (QED) is 0.123. The van der Waals surface area contributed by atoms with Crippen LogP contribution in [0.25, 0.3) is 33.6 Å². The van der Waals surface area contributed by atoms with Crippen LogP contribution in [0.1, 0.15) is 68.2 Å². The van der Waals surface area contributed by atoms with Crippen molar-refractivity contribution in [2.24, 2.45) is 0 Å². The van der Waals surface area contributed by atoms with Gasteiger partial charge in [-0.2, -0.15) is 0 Å². The van der Waals surface area contributed by atoms with Crippen molar-refractivity contribution in [3.63, 3.8) is 0 Å². The molecule has 10 nitrogen and oxygen atoms in total. The van der Waals surface area contributed by atoms with E-state index in [2.05, 4.69) is 68.5 Å². The van der Waals surface area contributed by atoms with E-state index in [1.807, 2.05) is 139 Å². The molecule has 0 spiro atoms. The Morgan fingerprint density at radius 3 is 1.11 bits per heavy atom. The molecule has 2 N–H and O–H groups in total. The van der Waals surface area contributed by atoms with Gasteiger partial charge in [0.1, 0.15) is 23.7 Å². The van der Waals surface area contributed by atoms with Crippen LogP contribution in [0.5, 0.6) is 0 Å². The van der Waals surface area contributed by atoms with Crippen LogP contribution in [-0.2, 0) is 9.59 Å². The van der Waals surface area contributed by atoms with Crippen LogP contribution in [-0.4, -0.2) is 93.6 Å². The van der Waals surface area contributed by atoms with Crippen molar-refractivity contribution in [2.45, 2.75) is 45.4 Å². The number of hydrogen-bond donors (Lipinski definition) is 2. The van der Waals surface area contributed by atoms with Crippen molar-refractivity contribution in [3.05, 3.63) is 144 Å². The van der Waals surface area contributed by atoms with Gasteiger partial charge in [0.2, 0.25) is 11.8 Å². The lowest BCUT2D eigenvalue weighted by Crippen LogP contribution is -2.39. The summed E-state index contributed by atoms with van der Waals surface area (Å²) in [6.45, 7) is 3.98. The van der Waals surface area contributed by atoms with Crippen molar-refractivity contribution < 1.29 is 9.59 Å². The van der Waals surface area contributed by atoms with Gasteiger partial charge >= 0.3 is 0 Å². The second-order valence-electron chi connectivity index (χ2n) is 14.3. The summed E-state index contributed by atoms with van der Waals surface area (Å²) in [5.74, 6) is 1.47. The standard InChI is InChI=1S/C44H50N8O2.CH4/c1-29(51(7)43(53)39(49(3)4)35-15-11-9-12-16-35)41-45-27-37(47-41)33-23-19-31(20-24-33)32-21-25-34(26-22-32)38-28-46-42(48-38)30(2)52(8)44(54)40(50(5)6)36-17-13-10-14-18-36;/h9-30,39-40H,1-8H3,(H,45,47)(H,46,48);1H4/t29-,30-,39+,40+;/m0./s1. The molecule has 0 saturated heterocycles. The van der Waals surface area contributed by atoms with Gasteiger partial charge in [-0.25, -0.2) is 9.97 Å². The molecule has 2 heterocycles. The molecule has 0 bridgehead atoms. The highest BCUT2D eigenvalue weighted by Gasteiger charge is 2.31. The minimum Gasteiger partial charge on any atom is -0.340 e. The minimum atomic E-state index is -0.388. The number of aromatic nitrogens is 4. The van der Waals surface area contributed by atoms with Crippen LogP contribution in [0.3, 0.4) is 0 Å². The average Bonchev–Trinajstić information content (AvgIpc) is 3.89. The van der Waals surface area contributed by atoms with E-state index in [1.54, 1.807) is 9.80 Å². The Kier molecular flexibility index (Phi) is 12.9. The van der Waals surface area contributed by atoms with Gasteiger partial charge < -0.3 is 19.8 Å². The highest BCUT2D eigenvalue weighted by Crippen LogP contribution is 2.31. The first-order valence-corrected chi connectivity index (χ1v) is 18.2. The molecule has 0 aliphatic rings. The molecule has 6 rings (SSSR count). The van der Waals surface area contributed by atoms with Gasteiger partial charge in [-0.3, -0.25) is 19.4 Å². The zero-order valence-electron chi connectivity index (χ0n) is 32.4. The average molecular weight is 739 g/mol. The van der Waals surface area contributed by atoms with E-state index in [4.69, 9.17) is 0 Å². The predicted molar refractivity (Wildman–Crippen MR) is 222 cm³/mol. The maximum absolute atomic E-state index is 13.6. The zero-order chi connectivity index (χ0) is 38.5. The Morgan fingerprint density at radius 2 is 0.800 bits per heavy atom. The second kappa shape index (κ2) is 17.5. The van der Waals surface area contributed by atoms with Crippen LogP contribution >= 0.6 is 0 Å². The van der Waals surface area contributed by atoms with Gasteiger partial charge in [-0.05, 0) is 75.4 Å². The third-order valence-electron chi connectivity index (χ3n) is 10.3. The number of carbonyl (C=O) groups is 2. The Morgan fingerprint density at radius 1 is 0.491 bits per heavy atom. The summed E-state index contributed by atoms with van der Waals surface area (Å²) in [5, 5.41) is 0. The van der Waals surface area contributed by atoms with Crippen molar-refractivity contribution in [1.82, 2.24) is 39.5 Å². The van der Waals surface area contributed by atoms with Crippen molar-refractivity contribution in [2.75, 3.05) is 42.3 Å². The van der Waals surface area contributed by atoms with E-state index < -0.39 is 0 Å². The van der Waals surface area contributed by atoms with E-state index in [0.29, 0.717) is 0 Å². The van der Waals surface area contributed by atoms with Gasteiger partial charge in [-0.15, -0.1) is 0 Å². The summed E-state index contributed by atoms with van der Waals surface area (Å²) >= 11 is 0. The summed E-state index contributed by atoms with van der Waals surface area (Å²) in [7, 11) is 11.4. The lowest BCUT2D eigenvalue weighted by Gasteiger charge is -2.31.